The molecule has 25 heavy (non-hydrogen) atoms. The second-order valence-corrected chi connectivity index (χ2v) is 6.52. The molecule has 0 radical (unpaired) electrons. The van der Waals surface area contributed by atoms with E-state index in [0.717, 1.165) is 11.4 Å². The normalized spacial score (nSPS) is 17.1. The summed E-state index contributed by atoms with van der Waals surface area (Å²) in [4.78, 5) is 26.3. The lowest BCUT2D eigenvalue weighted by Crippen LogP contribution is -2.34. The largest absolute Gasteiger partial charge is 0.354 e. The lowest BCUT2D eigenvalue weighted by atomic mass is 10.1. The van der Waals surface area contributed by atoms with E-state index in [1.807, 2.05) is 42.7 Å². The van der Waals surface area contributed by atoms with Crippen LogP contribution in [0, 0.1) is 19.8 Å². The molecule has 7 nitrogen and oxygen atoms in total. The maximum Gasteiger partial charge on any atom is 0.225 e. The Hall–Kier alpha value is -2.70. The molecule has 2 amide bonds. The van der Waals surface area contributed by atoms with E-state index in [1.165, 1.54) is 5.56 Å². The number of aryl methyl sites for hydroxylation is 2. The van der Waals surface area contributed by atoms with Crippen LogP contribution in [0.25, 0.3) is 0 Å². The number of benzene rings is 1. The molecule has 2 heterocycles. The van der Waals surface area contributed by atoms with E-state index in [4.69, 9.17) is 0 Å². The van der Waals surface area contributed by atoms with Gasteiger partial charge in [0.05, 0.1) is 5.92 Å². The van der Waals surface area contributed by atoms with Gasteiger partial charge in [-0.15, -0.1) is 10.2 Å². The van der Waals surface area contributed by atoms with Crippen LogP contribution in [-0.4, -0.2) is 44.6 Å². The summed E-state index contributed by atoms with van der Waals surface area (Å²) in [5.74, 6) is 0.510. The number of nitrogens with one attached hydrogen (secondary N) is 1. The summed E-state index contributed by atoms with van der Waals surface area (Å²) in [6.07, 6.45) is 1.92. The van der Waals surface area contributed by atoms with Gasteiger partial charge in [0.25, 0.3) is 0 Å². The van der Waals surface area contributed by atoms with Gasteiger partial charge in [-0.25, -0.2) is 0 Å². The molecule has 7 heteroatoms. The van der Waals surface area contributed by atoms with E-state index in [1.54, 1.807) is 11.2 Å². The molecule has 1 fully saturated rings. The van der Waals surface area contributed by atoms with Gasteiger partial charge >= 0.3 is 0 Å². The summed E-state index contributed by atoms with van der Waals surface area (Å²) in [6, 6.07) is 8.12. The fraction of sp³-hybridized carbons (Fsp3) is 0.444. The first-order chi connectivity index (χ1) is 12.0. The maximum atomic E-state index is 12.3. The lowest BCUT2D eigenvalue weighted by Gasteiger charge is -2.17. The fourth-order valence-electron chi connectivity index (χ4n) is 2.99. The molecule has 0 saturated carbocycles. The number of nitrogens with zero attached hydrogens (tertiary/aromatic N) is 4. The summed E-state index contributed by atoms with van der Waals surface area (Å²) in [6.45, 7) is 6.06. The van der Waals surface area contributed by atoms with Crippen LogP contribution in [0.3, 0.4) is 0 Å². The Balaban J connectivity index is 1.48. The molecular formula is C18H23N5O2. The molecule has 3 rings (SSSR count). The summed E-state index contributed by atoms with van der Waals surface area (Å²) in [7, 11) is 0. The second-order valence-electron chi connectivity index (χ2n) is 6.52. The molecule has 0 bridgehead atoms. The molecule has 1 atom stereocenters. The van der Waals surface area contributed by atoms with E-state index in [0.29, 0.717) is 26.2 Å². The first kappa shape index (κ1) is 17.1. The van der Waals surface area contributed by atoms with Crippen molar-refractivity contribution >= 4 is 11.8 Å². The molecule has 1 N–H and O–H groups in total. The minimum atomic E-state index is -0.278. The number of hydrogen-bond acceptors (Lipinski definition) is 4. The van der Waals surface area contributed by atoms with Crippen molar-refractivity contribution in [2.75, 3.05) is 13.1 Å². The predicted octanol–water partition coefficient (Wildman–Crippen LogP) is 1.06. The molecule has 0 aliphatic carbocycles. The van der Waals surface area contributed by atoms with Gasteiger partial charge in [0, 0.05) is 32.6 Å². The molecule has 0 spiro atoms. The highest BCUT2D eigenvalue weighted by atomic mass is 16.2. The van der Waals surface area contributed by atoms with Crippen molar-refractivity contribution in [3.05, 3.63) is 47.5 Å². The van der Waals surface area contributed by atoms with E-state index >= 15 is 0 Å². The van der Waals surface area contributed by atoms with Gasteiger partial charge in [0.1, 0.15) is 12.2 Å². The molecule has 1 aromatic heterocycles. The third-order valence-electron chi connectivity index (χ3n) is 4.54. The maximum absolute atomic E-state index is 12.3. The third-order valence-corrected chi connectivity index (χ3v) is 4.54. The SMILES string of the molecule is Cc1ccc(CN2CC(C(=O)NCCn3cnnc3C)CC2=O)cc1. The monoisotopic (exact) mass is 341 g/mol. The van der Waals surface area contributed by atoms with E-state index in [-0.39, 0.29) is 24.2 Å². The third kappa shape index (κ3) is 4.23. The van der Waals surface area contributed by atoms with Gasteiger partial charge in [0.2, 0.25) is 11.8 Å². The number of carbonyl (C=O) groups is 2. The summed E-state index contributed by atoms with van der Waals surface area (Å²) in [5, 5.41) is 10.6. The van der Waals surface area contributed by atoms with Crippen LogP contribution in [0.4, 0.5) is 0 Å². The topological polar surface area (TPSA) is 80.1 Å². The number of likely N-dealkylation sites (tertiary alicyclic amines) is 1. The quantitative estimate of drug-likeness (QED) is 0.852. The van der Waals surface area contributed by atoms with Crippen molar-refractivity contribution in [1.29, 1.82) is 0 Å². The minimum absolute atomic E-state index is 0.0374. The smallest absolute Gasteiger partial charge is 0.225 e. The van der Waals surface area contributed by atoms with Crippen LogP contribution in [0.1, 0.15) is 23.4 Å². The first-order valence-electron chi connectivity index (χ1n) is 8.48. The standard InChI is InChI=1S/C18H23N5O2/c1-13-3-5-15(6-4-13)10-23-11-16(9-17(23)24)18(25)19-7-8-22-12-20-21-14(22)2/h3-6,12,16H,7-11H2,1-2H3,(H,19,25). The zero-order valence-electron chi connectivity index (χ0n) is 14.6. The van der Waals surface area contributed by atoms with Crippen molar-refractivity contribution in [1.82, 2.24) is 25.0 Å². The zero-order chi connectivity index (χ0) is 17.8. The van der Waals surface area contributed by atoms with Crippen LogP contribution in [0.5, 0.6) is 0 Å². The highest BCUT2D eigenvalue weighted by molar-refractivity contribution is 5.89. The Morgan fingerprint density at radius 2 is 2.04 bits per heavy atom. The molecule has 132 valence electrons. The van der Waals surface area contributed by atoms with Gasteiger partial charge in [0.15, 0.2) is 0 Å². The molecule has 2 aromatic rings. The first-order valence-corrected chi connectivity index (χ1v) is 8.48. The summed E-state index contributed by atoms with van der Waals surface area (Å²) in [5.41, 5.74) is 2.28. The number of amides is 2. The lowest BCUT2D eigenvalue weighted by molar-refractivity contribution is -0.129. The van der Waals surface area contributed by atoms with Crippen molar-refractivity contribution < 1.29 is 9.59 Å². The number of hydrogen-bond donors (Lipinski definition) is 1. The molecule has 1 aliphatic rings. The van der Waals surface area contributed by atoms with Crippen LogP contribution in [0.2, 0.25) is 0 Å². The summed E-state index contributed by atoms with van der Waals surface area (Å²) >= 11 is 0. The van der Waals surface area contributed by atoms with Crippen molar-refractivity contribution in [2.24, 2.45) is 5.92 Å². The highest BCUT2D eigenvalue weighted by Crippen LogP contribution is 2.20. The highest BCUT2D eigenvalue weighted by Gasteiger charge is 2.33. The van der Waals surface area contributed by atoms with Gasteiger partial charge < -0.3 is 14.8 Å². The zero-order valence-corrected chi connectivity index (χ0v) is 14.6. The van der Waals surface area contributed by atoms with Gasteiger partial charge in [-0.1, -0.05) is 29.8 Å². The fourth-order valence-corrected chi connectivity index (χ4v) is 2.99. The van der Waals surface area contributed by atoms with Crippen LogP contribution in [-0.2, 0) is 22.7 Å². The van der Waals surface area contributed by atoms with Gasteiger partial charge in [-0.05, 0) is 19.4 Å². The average molecular weight is 341 g/mol. The molecule has 1 unspecified atom stereocenters. The summed E-state index contributed by atoms with van der Waals surface area (Å²) < 4.78 is 1.88. The minimum Gasteiger partial charge on any atom is -0.354 e. The predicted molar refractivity (Wildman–Crippen MR) is 92.5 cm³/mol. The molecular weight excluding hydrogens is 318 g/mol. The average Bonchev–Trinajstić information content (AvgIpc) is 3.16. The van der Waals surface area contributed by atoms with Crippen molar-refractivity contribution in [3.63, 3.8) is 0 Å². The van der Waals surface area contributed by atoms with E-state index in [9.17, 15) is 9.59 Å². The Labute approximate surface area is 147 Å². The Kier molecular flexibility index (Phi) is 5.11. The number of rotatable bonds is 6. The van der Waals surface area contributed by atoms with Gasteiger partial charge in [-0.3, -0.25) is 9.59 Å². The number of aromatic nitrogens is 3. The van der Waals surface area contributed by atoms with Crippen LogP contribution < -0.4 is 5.32 Å². The Morgan fingerprint density at radius 1 is 1.28 bits per heavy atom. The van der Waals surface area contributed by atoms with Crippen molar-refractivity contribution in [2.45, 2.75) is 33.4 Å². The van der Waals surface area contributed by atoms with E-state index < -0.39 is 0 Å². The number of carbonyl (C=O) groups excluding carboxylic acids is 2. The van der Waals surface area contributed by atoms with Crippen LogP contribution >= 0.6 is 0 Å². The van der Waals surface area contributed by atoms with Crippen LogP contribution in [0.15, 0.2) is 30.6 Å². The Bertz CT molecular complexity index is 753. The Morgan fingerprint density at radius 3 is 2.72 bits per heavy atom. The van der Waals surface area contributed by atoms with Crippen molar-refractivity contribution in [3.8, 4) is 0 Å². The van der Waals surface area contributed by atoms with E-state index in [2.05, 4.69) is 15.5 Å². The second kappa shape index (κ2) is 7.46. The molecule has 1 saturated heterocycles. The van der Waals surface area contributed by atoms with Gasteiger partial charge in [-0.2, -0.15) is 0 Å². The molecule has 1 aliphatic heterocycles. The molecule has 1 aromatic carbocycles.